The molecule has 0 aromatic heterocycles. The summed E-state index contributed by atoms with van der Waals surface area (Å²) in [6.45, 7) is 3.13. The smallest absolute Gasteiger partial charge is 0.278 e. The predicted octanol–water partition coefficient (Wildman–Crippen LogP) is 1.72. The van der Waals surface area contributed by atoms with Crippen molar-refractivity contribution in [2.45, 2.75) is 6.54 Å². The van der Waals surface area contributed by atoms with Gasteiger partial charge in [-0.3, -0.25) is 19.4 Å². The minimum Gasteiger partial charge on any atom is -0.395 e. The SMILES string of the molecule is O=C1C(c2ccccc2)=C(N2CCN(CCO)CC2)C(=O)N1Cc1ccccc1F. The number of imide groups is 1. The van der Waals surface area contributed by atoms with Crippen LogP contribution in [0, 0.1) is 5.82 Å². The fourth-order valence-corrected chi connectivity index (χ4v) is 4.00. The van der Waals surface area contributed by atoms with Crippen LogP contribution in [0.1, 0.15) is 11.1 Å². The monoisotopic (exact) mass is 409 g/mol. The van der Waals surface area contributed by atoms with Crippen molar-refractivity contribution in [1.29, 1.82) is 0 Å². The van der Waals surface area contributed by atoms with E-state index >= 15 is 0 Å². The van der Waals surface area contributed by atoms with E-state index in [1.165, 1.54) is 6.07 Å². The standard InChI is InChI=1S/C23H24FN3O3/c24-19-9-5-4-8-18(19)16-27-22(29)20(17-6-2-1-3-7-17)21(23(27)30)26-12-10-25(11-13-26)14-15-28/h1-9,28H,10-16H2. The second-order valence-electron chi connectivity index (χ2n) is 7.43. The molecule has 2 amide bonds. The molecule has 1 saturated heterocycles. The summed E-state index contributed by atoms with van der Waals surface area (Å²) < 4.78 is 14.2. The Morgan fingerprint density at radius 3 is 2.20 bits per heavy atom. The third-order valence-electron chi connectivity index (χ3n) is 5.60. The van der Waals surface area contributed by atoms with Crippen LogP contribution in [0.3, 0.4) is 0 Å². The molecule has 2 aliphatic rings. The van der Waals surface area contributed by atoms with Crippen LogP contribution in [0.4, 0.5) is 4.39 Å². The average molecular weight is 409 g/mol. The number of hydrogen-bond donors (Lipinski definition) is 1. The van der Waals surface area contributed by atoms with Crippen molar-refractivity contribution in [3.05, 3.63) is 77.2 Å². The van der Waals surface area contributed by atoms with Crippen LogP contribution in [0.2, 0.25) is 0 Å². The fourth-order valence-electron chi connectivity index (χ4n) is 4.00. The third-order valence-corrected chi connectivity index (χ3v) is 5.60. The topological polar surface area (TPSA) is 64.1 Å². The number of halogens is 1. The van der Waals surface area contributed by atoms with E-state index in [4.69, 9.17) is 5.11 Å². The average Bonchev–Trinajstić information content (AvgIpc) is 3.01. The van der Waals surface area contributed by atoms with Crippen LogP contribution in [-0.4, -0.2) is 71.0 Å². The van der Waals surface area contributed by atoms with Crippen LogP contribution >= 0.6 is 0 Å². The van der Waals surface area contributed by atoms with Crippen LogP contribution in [0.5, 0.6) is 0 Å². The molecule has 0 saturated carbocycles. The summed E-state index contributed by atoms with van der Waals surface area (Å²) in [6, 6.07) is 15.3. The number of nitrogens with zero attached hydrogens (tertiary/aromatic N) is 3. The molecule has 2 aromatic rings. The molecule has 0 aliphatic carbocycles. The summed E-state index contributed by atoms with van der Waals surface area (Å²) in [5.74, 6) is -1.23. The van der Waals surface area contributed by atoms with Crippen LogP contribution in [0.15, 0.2) is 60.3 Å². The van der Waals surface area contributed by atoms with Gasteiger partial charge in [0.15, 0.2) is 0 Å². The van der Waals surface area contributed by atoms with E-state index in [0.29, 0.717) is 55.1 Å². The maximum atomic E-state index is 14.2. The van der Waals surface area contributed by atoms with Crippen molar-refractivity contribution in [1.82, 2.24) is 14.7 Å². The number of rotatable bonds is 6. The summed E-state index contributed by atoms with van der Waals surface area (Å²) >= 11 is 0. The van der Waals surface area contributed by atoms with E-state index in [1.54, 1.807) is 18.2 Å². The number of hydrogen-bond acceptors (Lipinski definition) is 5. The first-order valence-corrected chi connectivity index (χ1v) is 10.1. The van der Waals surface area contributed by atoms with E-state index < -0.39 is 17.6 Å². The lowest BCUT2D eigenvalue weighted by Gasteiger charge is -2.36. The van der Waals surface area contributed by atoms with Gasteiger partial charge in [-0.1, -0.05) is 48.5 Å². The number of aliphatic hydroxyl groups excluding tert-OH is 1. The molecule has 2 aromatic carbocycles. The lowest BCUT2D eigenvalue weighted by molar-refractivity contribution is -0.138. The Kier molecular flexibility index (Phi) is 5.92. The van der Waals surface area contributed by atoms with E-state index in [9.17, 15) is 14.0 Å². The van der Waals surface area contributed by atoms with Gasteiger partial charge in [0, 0.05) is 38.3 Å². The largest absolute Gasteiger partial charge is 0.395 e. The molecular weight excluding hydrogens is 385 g/mol. The van der Waals surface area contributed by atoms with E-state index in [2.05, 4.69) is 4.90 Å². The molecule has 6 nitrogen and oxygen atoms in total. The Morgan fingerprint density at radius 2 is 1.53 bits per heavy atom. The molecule has 0 atom stereocenters. The quantitative estimate of drug-likeness (QED) is 0.736. The number of β-amino-alcohol motifs (C(OH)–C–C–N with tert-alkyl or cyclic N) is 1. The number of aliphatic hydroxyl groups is 1. The Morgan fingerprint density at radius 1 is 0.867 bits per heavy atom. The van der Waals surface area contributed by atoms with Gasteiger partial charge in [-0.05, 0) is 11.6 Å². The Labute approximate surface area is 174 Å². The summed E-state index contributed by atoms with van der Waals surface area (Å²) in [4.78, 5) is 31.9. The van der Waals surface area contributed by atoms with E-state index in [-0.39, 0.29) is 13.2 Å². The third kappa shape index (κ3) is 3.86. The highest BCUT2D eigenvalue weighted by atomic mass is 19.1. The molecule has 30 heavy (non-hydrogen) atoms. The Bertz CT molecular complexity index is 969. The maximum Gasteiger partial charge on any atom is 0.278 e. The van der Waals surface area contributed by atoms with Crippen LogP contribution in [-0.2, 0) is 16.1 Å². The second kappa shape index (κ2) is 8.77. The molecule has 2 heterocycles. The number of amides is 2. The highest BCUT2D eigenvalue weighted by Gasteiger charge is 2.42. The molecule has 156 valence electrons. The lowest BCUT2D eigenvalue weighted by atomic mass is 10.0. The van der Waals surface area contributed by atoms with Gasteiger partial charge in [0.05, 0.1) is 18.7 Å². The van der Waals surface area contributed by atoms with Gasteiger partial charge in [-0.25, -0.2) is 4.39 Å². The van der Waals surface area contributed by atoms with Gasteiger partial charge >= 0.3 is 0 Å². The van der Waals surface area contributed by atoms with Crippen molar-refractivity contribution in [3.8, 4) is 0 Å². The van der Waals surface area contributed by atoms with Crippen LogP contribution < -0.4 is 0 Å². The molecule has 2 aliphatic heterocycles. The van der Waals surface area contributed by atoms with Crippen molar-refractivity contribution in [2.24, 2.45) is 0 Å². The number of carbonyl (C=O) groups is 2. The second-order valence-corrected chi connectivity index (χ2v) is 7.43. The summed E-state index contributed by atoms with van der Waals surface area (Å²) in [5.41, 5.74) is 1.74. The first-order chi connectivity index (χ1) is 14.6. The zero-order valence-corrected chi connectivity index (χ0v) is 16.6. The number of carbonyl (C=O) groups excluding carboxylic acids is 2. The Balaban J connectivity index is 1.66. The summed E-state index contributed by atoms with van der Waals surface area (Å²) in [5, 5.41) is 9.16. The van der Waals surface area contributed by atoms with E-state index in [1.807, 2.05) is 35.2 Å². The van der Waals surface area contributed by atoms with Crippen molar-refractivity contribution >= 4 is 17.4 Å². The summed E-state index contributed by atoms with van der Waals surface area (Å²) in [7, 11) is 0. The zero-order chi connectivity index (χ0) is 21.1. The fraction of sp³-hybridized carbons (Fsp3) is 0.304. The molecule has 0 spiro atoms. The minimum atomic E-state index is -0.439. The first-order valence-electron chi connectivity index (χ1n) is 10.1. The highest BCUT2D eigenvalue weighted by molar-refractivity contribution is 6.35. The normalized spacial score (nSPS) is 17.9. The molecule has 0 radical (unpaired) electrons. The molecular formula is C23H24FN3O3. The zero-order valence-electron chi connectivity index (χ0n) is 16.6. The number of benzene rings is 2. The van der Waals surface area contributed by atoms with Crippen molar-refractivity contribution in [3.63, 3.8) is 0 Å². The van der Waals surface area contributed by atoms with Gasteiger partial charge in [-0.2, -0.15) is 0 Å². The molecule has 4 rings (SSSR count). The van der Waals surface area contributed by atoms with Crippen LogP contribution in [0.25, 0.3) is 5.57 Å². The van der Waals surface area contributed by atoms with E-state index in [0.717, 1.165) is 4.90 Å². The van der Waals surface area contributed by atoms with Gasteiger partial charge in [-0.15, -0.1) is 0 Å². The van der Waals surface area contributed by atoms with Gasteiger partial charge in [0.25, 0.3) is 11.8 Å². The molecule has 1 fully saturated rings. The van der Waals surface area contributed by atoms with Gasteiger partial charge in [0.1, 0.15) is 11.5 Å². The van der Waals surface area contributed by atoms with Crippen molar-refractivity contribution < 1.29 is 19.1 Å². The predicted molar refractivity (Wildman–Crippen MR) is 110 cm³/mol. The first kappa shape index (κ1) is 20.3. The van der Waals surface area contributed by atoms with Crippen molar-refractivity contribution in [2.75, 3.05) is 39.3 Å². The molecule has 0 unspecified atom stereocenters. The lowest BCUT2D eigenvalue weighted by Crippen LogP contribution is -2.48. The highest BCUT2D eigenvalue weighted by Crippen LogP contribution is 2.33. The summed E-state index contributed by atoms with van der Waals surface area (Å²) in [6.07, 6.45) is 0. The number of piperazine rings is 1. The minimum absolute atomic E-state index is 0.0891. The molecule has 1 N–H and O–H groups in total. The maximum absolute atomic E-state index is 14.2. The molecule has 0 bridgehead atoms. The molecule has 7 heteroatoms. The van der Waals surface area contributed by atoms with Gasteiger partial charge < -0.3 is 10.0 Å². The van der Waals surface area contributed by atoms with Gasteiger partial charge in [0.2, 0.25) is 0 Å². The Hall–Kier alpha value is -3.03.